The summed E-state index contributed by atoms with van der Waals surface area (Å²) in [5.41, 5.74) is -0.914. The first-order valence-corrected chi connectivity index (χ1v) is 8.88. The maximum Gasteiger partial charge on any atom is 0.326 e. The van der Waals surface area contributed by atoms with Gasteiger partial charge in [0, 0.05) is 13.2 Å². The van der Waals surface area contributed by atoms with E-state index in [1.165, 1.54) is 7.11 Å². The monoisotopic (exact) mass is 369 g/mol. The van der Waals surface area contributed by atoms with E-state index < -0.39 is 36.6 Å². The number of hydrogen-bond acceptors (Lipinski definition) is 6. The Hall–Kier alpha value is -2.16. The highest BCUT2D eigenvalue weighted by molar-refractivity contribution is 6.09. The Labute approximate surface area is 152 Å². The van der Waals surface area contributed by atoms with E-state index in [0.29, 0.717) is 13.0 Å². The van der Waals surface area contributed by atoms with Crippen molar-refractivity contribution in [2.75, 3.05) is 26.9 Å². The number of urea groups is 1. The summed E-state index contributed by atoms with van der Waals surface area (Å²) in [6.07, 6.45) is 3.30. The molecule has 4 amide bonds. The number of methoxy groups -OCH3 is 1. The van der Waals surface area contributed by atoms with Gasteiger partial charge in [-0.3, -0.25) is 19.3 Å². The van der Waals surface area contributed by atoms with Crippen LogP contribution in [0.1, 0.15) is 39.5 Å². The highest BCUT2D eigenvalue weighted by Gasteiger charge is 2.55. The molecule has 0 radical (unpaired) electrons. The van der Waals surface area contributed by atoms with Gasteiger partial charge in [0.15, 0.2) is 6.61 Å². The van der Waals surface area contributed by atoms with Crippen molar-refractivity contribution in [3.8, 4) is 0 Å². The number of carbonyl (C=O) groups is 4. The molecule has 1 aliphatic heterocycles. The van der Waals surface area contributed by atoms with Crippen molar-refractivity contribution in [1.82, 2.24) is 15.5 Å². The standard InChI is InChI=1S/C17H27N3O6/c1-11-6-4-5-7-17(11)15(23)20(16(24)19-17)8-14(22)26-10-13(21)18-12(2)9-25-3/h11-12H,4-10H2,1-3H3,(H,18,21)(H,19,24)/t11-,12+,17+/m1/s1. The van der Waals surface area contributed by atoms with E-state index >= 15 is 0 Å². The molecule has 2 aliphatic rings. The molecule has 2 rings (SSSR count). The quantitative estimate of drug-likeness (QED) is 0.489. The molecule has 9 heteroatoms. The molecule has 0 aromatic heterocycles. The Morgan fingerprint density at radius 2 is 2.12 bits per heavy atom. The fourth-order valence-electron chi connectivity index (χ4n) is 3.57. The van der Waals surface area contributed by atoms with Gasteiger partial charge in [-0.1, -0.05) is 19.8 Å². The molecule has 0 bridgehead atoms. The lowest BCUT2D eigenvalue weighted by Gasteiger charge is -2.36. The molecular formula is C17H27N3O6. The maximum absolute atomic E-state index is 12.7. The molecule has 146 valence electrons. The van der Waals surface area contributed by atoms with Crippen LogP contribution in [0.3, 0.4) is 0 Å². The number of ether oxygens (including phenoxy) is 2. The number of esters is 1. The predicted molar refractivity (Wildman–Crippen MR) is 91.0 cm³/mol. The summed E-state index contributed by atoms with van der Waals surface area (Å²) in [6, 6.07) is -0.802. The second kappa shape index (κ2) is 8.48. The molecule has 2 N–H and O–H groups in total. The van der Waals surface area contributed by atoms with E-state index in [9.17, 15) is 19.2 Å². The first kappa shape index (κ1) is 20.2. The Morgan fingerprint density at radius 3 is 2.77 bits per heavy atom. The van der Waals surface area contributed by atoms with E-state index in [0.717, 1.165) is 24.2 Å². The van der Waals surface area contributed by atoms with Crippen LogP contribution in [0.2, 0.25) is 0 Å². The largest absolute Gasteiger partial charge is 0.454 e. The van der Waals surface area contributed by atoms with Crippen molar-refractivity contribution in [2.45, 2.75) is 51.1 Å². The van der Waals surface area contributed by atoms with Gasteiger partial charge in [-0.2, -0.15) is 0 Å². The Kier molecular flexibility index (Phi) is 6.57. The predicted octanol–water partition coefficient (Wildman–Crippen LogP) is 0.181. The number of rotatable bonds is 7. The molecule has 1 saturated heterocycles. The third-order valence-corrected chi connectivity index (χ3v) is 4.98. The third-order valence-electron chi connectivity index (χ3n) is 4.98. The maximum atomic E-state index is 12.7. The molecule has 1 heterocycles. The van der Waals surface area contributed by atoms with Crippen LogP contribution in [0.5, 0.6) is 0 Å². The van der Waals surface area contributed by atoms with Crippen LogP contribution in [0.15, 0.2) is 0 Å². The zero-order chi connectivity index (χ0) is 19.3. The molecule has 0 unspecified atom stereocenters. The Balaban J connectivity index is 1.86. The van der Waals surface area contributed by atoms with Crippen LogP contribution >= 0.6 is 0 Å². The summed E-state index contributed by atoms with van der Waals surface area (Å²) in [6.45, 7) is 3.05. The minimum Gasteiger partial charge on any atom is -0.454 e. The number of carbonyl (C=O) groups excluding carboxylic acids is 4. The molecule has 1 saturated carbocycles. The second-order valence-electron chi connectivity index (χ2n) is 7.02. The van der Waals surface area contributed by atoms with Crippen molar-refractivity contribution in [3.63, 3.8) is 0 Å². The number of amides is 4. The van der Waals surface area contributed by atoms with Gasteiger partial charge in [0.05, 0.1) is 6.61 Å². The van der Waals surface area contributed by atoms with Gasteiger partial charge in [-0.25, -0.2) is 4.79 Å². The Morgan fingerprint density at radius 1 is 1.38 bits per heavy atom. The van der Waals surface area contributed by atoms with E-state index in [1.54, 1.807) is 6.92 Å². The number of nitrogens with one attached hydrogen (secondary N) is 2. The van der Waals surface area contributed by atoms with Gasteiger partial charge in [0.25, 0.3) is 11.8 Å². The van der Waals surface area contributed by atoms with Crippen LogP contribution in [0.4, 0.5) is 4.79 Å². The molecule has 26 heavy (non-hydrogen) atoms. The smallest absolute Gasteiger partial charge is 0.326 e. The van der Waals surface area contributed by atoms with Crippen LogP contribution < -0.4 is 10.6 Å². The first-order valence-electron chi connectivity index (χ1n) is 8.88. The molecule has 0 aromatic rings. The fourth-order valence-corrected chi connectivity index (χ4v) is 3.57. The van der Waals surface area contributed by atoms with Crippen molar-refractivity contribution < 1.29 is 28.7 Å². The molecule has 1 aliphatic carbocycles. The average Bonchev–Trinajstić information content (AvgIpc) is 2.81. The van der Waals surface area contributed by atoms with Gasteiger partial charge < -0.3 is 20.1 Å². The summed E-state index contributed by atoms with van der Waals surface area (Å²) < 4.78 is 9.77. The van der Waals surface area contributed by atoms with Crippen molar-refractivity contribution in [1.29, 1.82) is 0 Å². The van der Waals surface area contributed by atoms with Gasteiger partial charge in [0.1, 0.15) is 12.1 Å². The molecule has 1 spiro atoms. The fraction of sp³-hybridized carbons (Fsp3) is 0.765. The van der Waals surface area contributed by atoms with E-state index in [1.807, 2.05) is 6.92 Å². The van der Waals surface area contributed by atoms with Crippen LogP contribution in [-0.2, 0) is 23.9 Å². The van der Waals surface area contributed by atoms with Crippen LogP contribution in [0, 0.1) is 5.92 Å². The van der Waals surface area contributed by atoms with Crippen LogP contribution in [-0.4, -0.2) is 67.2 Å². The van der Waals surface area contributed by atoms with Gasteiger partial charge in [-0.05, 0) is 25.7 Å². The summed E-state index contributed by atoms with van der Waals surface area (Å²) in [7, 11) is 1.51. The molecular weight excluding hydrogens is 342 g/mol. The van der Waals surface area contributed by atoms with Gasteiger partial charge >= 0.3 is 12.0 Å². The minimum atomic E-state index is -0.914. The van der Waals surface area contributed by atoms with Gasteiger partial charge in [-0.15, -0.1) is 0 Å². The number of nitrogens with zero attached hydrogens (tertiary/aromatic N) is 1. The molecule has 9 nitrogen and oxygen atoms in total. The lowest BCUT2D eigenvalue weighted by Crippen LogP contribution is -2.54. The number of imide groups is 1. The van der Waals surface area contributed by atoms with E-state index in [-0.39, 0.29) is 17.9 Å². The molecule has 0 aromatic carbocycles. The summed E-state index contributed by atoms with van der Waals surface area (Å²) >= 11 is 0. The zero-order valence-electron chi connectivity index (χ0n) is 15.5. The van der Waals surface area contributed by atoms with E-state index in [4.69, 9.17) is 9.47 Å². The summed E-state index contributed by atoms with van der Waals surface area (Å²) in [4.78, 5) is 49.4. The zero-order valence-corrected chi connectivity index (χ0v) is 15.5. The minimum absolute atomic E-state index is 0.0155. The van der Waals surface area contributed by atoms with Crippen molar-refractivity contribution in [2.24, 2.45) is 5.92 Å². The van der Waals surface area contributed by atoms with Crippen LogP contribution in [0.25, 0.3) is 0 Å². The topological polar surface area (TPSA) is 114 Å². The first-order chi connectivity index (χ1) is 12.3. The molecule has 2 fully saturated rings. The lowest BCUT2D eigenvalue weighted by atomic mass is 9.73. The number of hydrogen-bond donors (Lipinski definition) is 2. The van der Waals surface area contributed by atoms with Gasteiger partial charge in [0.2, 0.25) is 0 Å². The van der Waals surface area contributed by atoms with E-state index in [2.05, 4.69) is 10.6 Å². The lowest BCUT2D eigenvalue weighted by molar-refractivity contribution is -0.151. The summed E-state index contributed by atoms with van der Waals surface area (Å²) in [5, 5.41) is 5.36. The second-order valence-corrected chi connectivity index (χ2v) is 7.02. The third kappa shape index (κ3) is 4.32. The van der Waals surface area contributed by atoms with Crippen molar-refractivity contribution >= 4 is 23.8 Å². The Bertz CT molecular complexity index is 581. The summed E-state index contributed by atoms with van der Waals surface area (Å²) in [5.74, 6) is -1.65. The average molecular weight is 369 g/mol. The van der Waals surface area contributed by atoms with Crippen molar-refractivity contribution in [3.05, 3.63) is 0 Å². The highest BCUT2D eigenvalue weighted by Crippen LogP contribution is 2.38. The SMILES string of the molecule is COC[C@H](C)NC(=O)COC(=O)CN1C(=O)N[C@]2(CCCC[C@H]2C)C1=O. The normalized spacial score (nSPS) is 26.6. The highest BCUT2D eigenvalue weighted by atomic mass is 16.5. The molecule has 3 atom stereocenters.